The third kappa shape index (κ3) is 3.43. The van der Waals surface area contributed by atoms with E-state index in [1.54, 1.807) is 18.7 Å². The predicted octanol–water partition coefficient (Wildman–Crippen LogP) is -0.224. The van der Waals surface area contributed by atoms with Gasteiger partial charge in [0.15, 0.2) is 0 Å². The number of rotatable bonds is 1. The third-order valence-corrected chi connectivity index (χ3v) is 0.258. The predicted molar refractivity (Wildman–Crippen MR) is 21.9 cm³/mol. The Morgan fingerprint density at radius 3 is 2.17 bits per heavy atom. The van der Waals surface area contributed by atoms with Crippen molar-refractivity contribution in [3.05, 3.63) is 0 Å². The molecule has 0 aliphatic carbocycles. The molecule has 3 nitrogen and oxygen atoms in total. The lowest BCUT2D eigenvalue weighted by atomic mass is 11.1. The van der Waals surface area contributed by atoms with E-state index in [2.05, 4.69) is 4.89 Å². The molecule has 3 heteroatoms. The first kappa shape index (κ1) is 5.43. The molecule has 0 fully saturated rings. The van der Waals surface area contributed by atoms with Crippen molar-refractivity contribution in [2.45, 2.75) is 0 Å². The Bertz CT molecular complexity index is 55.8. The second kappa shape index (κ2) is 2.66. The van der Waals surface area contributed by atoms with Gasteiger partial charge in [0.05, 0.1) is 0 Å². The van der Waals surface area contributed by atoms with E-state index in [1.807, 2.05) is 0 Å². The highest BCUT2D eigenvalue weighted by molar-refractivity contribution is 5.37. The molecule has 0 radical (unpaired) electrons. The average Bonchev–Trinajstić information content (AvgIpc) is 1.35. The Morgan fingerprint density at radius 1 is 1.67 bits per heavy atom. The minimum atomic E-state index is 1.18. The van der Waals surface area contributed by atoms with Crippen LogP contribution in [-0.4, -0.2) is 30.3 Å². The maximum Gasteiger partial charge on any atom is 0.357 e. The van der Waals surface area contributed by atoms with Crippen molar-refractivity contribution in [2.24, 2.45) is 0 Å². The minimum Gasteiger partial charge on any atom is -0.281 e. The SMILES string of the molecule is C[N+](C)=COO. The molecular formula is C3H8NO2+. The molecule has 0 aromatic heterocycles. The van der Waals surface area contributed by atoms with Gasteiger partial charge in [0.2, 0.25) is 0 Å². The van der Waals surface area contributed by atoms with Crippen molar-refractivity contribution < 1.29 is 14.7 Å². The highest BCUT2D eigenvalue weighted by Gasteiger charge is 1.74. The highest BCUT2D eigenvalue weighted by Crippen LogP contribution is 1.49. The Morgan fingerprint density at radius 2 is 2.17 bits per heavy atom. The first-order valence-electron chi connectivity index (χ1n) is 1.57. The van der Waals surface area contributed by atoms with Gasteiger partial charge in [0.1, 0.15) is 14.1 Å². The van der Waals surface area contributed by atoms with Crippen molar-refractivity contribution >= 4 is 6.40 Å². The maximum atomic E-state index is 7.64. The quantitative estimate of drug-likeness (QED) is 0.159. The van der Waals surface area contributed by atoms with Gasteiger partial charge in [0, 0.05) is 0 Å². The van der Waals surface area contributed by atoms with Gasteiger partial charge in [-0.3, -0.25) is 4.89 Å². The molecule has 0 heterocycles. The zero-order valence-electron chi connectivity index (χ0n) is 3.88. The van der Waals surface area contributed by atoms with Crippen LogP contribution in [0.3, 0.4) is 0 Å². The average molecular weight is 90.1 g/mol. The van der Waals surface area contributed by atoms with Crippen molar-refractivity contribution in [1.29, 1.82) is 0 Å². The van der Waals surface area contributed by atoms with Crippen LogP contribution < -0.4 is 0 Å². The van der Waals surface area contributed by atoms with Gasteiger partial charge < -0.3 is 0 Å². The van der Waals surface area contributed by atoms with Crippen LogP contribution in [0.5, 0.6) is 0 Å². The Hall–Kier alpha value is -0.570. The molecule has 0 aromatic carbocycles. The summed E-state index contributed by atoms with van der Waals surface area (Å²) < 4.78 is 1.58. The summed E-state index contributed by atoms with van der Waals surface area (Å²) in [6, 6.07) is 0. The van der Waals surface area contributed by atoms with Gasteiger partial charge in [-0.05, 0) is 0 Å². The monoisotopic (exact) mass is 90.1 g/mol. The largest absolute Gasteiger partial charge is 0.357 e. The smallest absolute Gasteiger partial charge is 0.281 e. The summed E-state index contributed by atoms with van der Waals surface area (Å²) in [5, 5.41) is 7.64. The summed E-state index contributed by atoms with van der Waals surface area (Å²) in [4.78, 5) is 3.60. The standard InChI is InChI=1S/C3H7NO2/c1-4(2)3-6-5/h3H,1-2H3/p+1. The van der Waals surface area contributed by atoms with E-state index in [4.69, 9.17) is 5.26 Å². The normalized spacial score (nSPS) is 7.17. The molecule has 6 heavy (non-hydrogen) atoms. The third-order valence-electron chi connectivity index (χ3n) is 0.258. The van der Waals surface area contributed by atoms with Crippen LogP contribution in [0.4, 0.5) is 0 Å². The van der Waals surface area contributed by atoms with Gasteiger partial charge in [0.25, 0.3) is 0 Å². The maximum absolute atomic E-state index is 7.64. The van der Waals surface area contributed by atoms with Crippen LogP contribution in [0.25, 0.3) is 0 Å². The lowest BCUT2D eigenvalue weighted by Crippen LogP contribution is -1.98. The number of hydrogen-bond donors (Lipinski definition) is 1. The molecule has 0 rings (SSSR count). The summed E-state index contributed by atoms with van der Waals surface area (Å²) in [6.45, 7) is 0. The zero-order valence-corrected chi connectivity index (χ0v) is 3.88. The van der Waals surface area contributed by atoms with Crippen molar-refractivity contribution in [2.75, 3.05) is 14.1 Å². The molecule has 0 unspecified atom stereocenters. The fourth-order valence-corrected chi connectivity index (χ4v) is 0.0943. The van der Waals surface area contributed by atoms with Crippen LogP contribution in [0.15, 0.2) is 0 Å². The van der Waals surface area contributed by atoms with Gasteiger partial charge in [-0.1, -0.05) is 0 Å². The molecule has 36 valence electrons. The fourth-order valence-electron chi connectivity index (χ4n) is 0.0943. The van der Waals surface area contributed by atoms with E-state index in [0.717, 1.165) is 0 Å². The topological polar surface area (TPSA) is 32.5 Å². The van der Waals surface area contributed by atoms with Crippen LogP contribution >= 0.6 is 0 Å². The first-order valence-corrected chi connectivity index (χ1v) is 1.57. The first-order chi connectivity index (χ1) is 2.77. The molecule has 0 saturated carbocycles. The number of nitrogens with zero attached hydrogens (tertiary/aromatic N) is 1. The van der Waals surface area contributed by atoms with E-state index >= 15 is 0 Å². The second-order valence-electron chi connectivity index (χ2n) is 1.17. The molecule has 0 bridgehead atoms. The van der Waals surface area contributed by atoms with E-state index in [1.165, 1.54) is 6.40 Å². The second-order valence-corrected chi connectivity index (χ2v) is 1.17. The van der Waals surface area contributed by atoms with Crippen LogP contribution in [0, 0.1) is 0 Å². The molecule has 0 aliphatic heterocycles. The summed E-state index contributed by atoms with van der Waals surface area (Å²) >= 11 is 0. The summed E-state index contributed by atoms with van der Waals surface area (Å²) in [5.74, 6) is 0. The van der Waals surface area contributed by atoms with Crippen molar-refractivity contribution in [1.82, 2.24) is 0 Å². The molecule has 0 aliphatic rings. The van der Waals surface area contributed by atoms with Gasteiger partial charge in [-0.15, -0.1) is 0 Å². The molecule has 1 N–H and O–H groups in total. The van der Waals surface area contributed by atoms with Crippen molar-refractivity contribution in [3.63, 3.8) is 0 Å². The Balaban J connectivity index is 3.14. The van der Waals surface area contributed by atoms with E-state index in [0.29, 0.717) is 0 Å². The Labute approximate surface area is 36.4 Å². The van der Waals surface area contributed by atoms with Crippen LogP contribution in [0.2, 0.25) is 0 Å². The van der Waals surface area contributed by atoms with E-state index < -0.39 is 0 Å². The fraction of sp³-hybridized carbons (Fsp3) is 0.667. The van der Waals surface area contributed by atoms with E-state index in [-0.39, 0.29) is 0 Å². The van der Waals surface area contributed by atoms with Crippen LogP contribution in [-0.2, 0) is 4.89 Å². The number of hydrogen-bond acceptors (Lipinski definition) is 2. The molecule has 0 amide bonds. The molecule has 0 spiro atoms. The Kier molecular flexibility index (Phi) is 2.40. The van der Waals surface area contributed by atoms with E-state index in [9.17, 15) is 0 Å². The van der Waals surface area contributed by atoms with Crippen LogP contribution in [0.1, 0.15) is 0 Å². The molecule has 0 atom stereocenters. The van der Waals surface area contributed by atoms with Crippen molar-refractivity contribution in [3.8, 4) is 0 Å². The van der Waals surface area contributed by atoms with Gasteiger partial charge >= 0.3 is 6.40 Å². The minimum absolute atomic E-state index is 1.18. The molecule has 0 aromatic rings. The van der Waals surface area contributed by atoms with Gasteiger partial charge in [-0.25, -0.2) is 4.58 Å². The van der Waals surface area contributed by atoms with Gasteiger partial charge in [-0.2, -0.15) is 5.26 Å². The molecule has 0 saturated heterocycles. The molecular weight excluding hydrogens is 82.0 g/mol. The highest BCUT2D eigenvalue weighted by atomic mass is 17.1. The zero-order chi connectivity index (χ0) is 4.99. The summed E-state index contributed by atoms with van der Waals surface area (Å²) in [7, 11) is 3.49. The summed E-state index contributed by atoms with van der Waals surface area (Å²) in [5.41, 5.74) is 0. The summed E-state index contributed by atoms with van der Waals surface area (Å²) in [6.07, 6.45) is 1.18. The lowest BCUT2D eigenvalue weighted by Gasteiger charge is -1.77. The lowest BCUT2D eigenvalue weighted by molar-refractivity contribution is -0.477.